The van der Waals surface area contributed by atoms with Gasteiger partial charge in [0.1, 0.15) is 23.9 Å². The van der Waals surface area contributed by atoms with E-state index in [1.54, 1.807) is 13.3 Å². The molecule has 0 aliphatic carbocycles. The molecule has 3 heterocycles. The Hall–Kier alpha value is -2.67. The summed E-state index contributed by atoms with van der Waals surface area (Å²) < 4.78 is 15.7. The summed E-state index contributed by atoms with van der Waals surface area (Å²) in [5.74, 6) is 3.58. The lowest BCUT2D eigenvalue weighted by Crippen LogP contribution is -2.17. The molecule has 0 atom stereocenters. The van der Waals surface area contributed by atoms with E-state index in [1.807, 2.05) is 43.1 Å². The molecule has 0 saturated heterocycles. The molecule has 0 aromatic carbocycles. The molecular formula is C16H18N4O3. The average molecular weight is 314 g/mol. The van der Waals surface area contributed by atoms with Crippen molar-refractivity contribution in [2.75, 3.05) is 19.1 Å². The molecule has 3 aromatic heterocycles. The molecule has 0 bridgehead atoms. The van der Waals surface area contributed by atoms with Gasteiger partial charge in [-0.25, -0.2) is 4.98 Å². The molecule has 0 spiro atoms. The zero-order valence-electron chi connectivity index (χ0n) is 13.3. The van der Waals surface area contributed by atoms with Gasteiger partial charge in [0.15, 0.2) is 5.82 Å². The van der Waals surface area contributed by atoms with Crippen LogP contribution in [0.1, 0.15) is 17.3 Å². The number of hydrogen-bond donors (Lipinski definition) is 0. The maximum absolute atomic E-state index is 5.58. The van der Waals surface area contributed by atoms with Crippen molar-refractivity contribution in [2.24, 2.45) is 0 Å². The number of aromatic nitrogens is 3. The molecule has 0 aliphatic rings. The van der Waals surface area contributed by atoms with E-state index in [9.17, 15) is 0 Å². The Kier molecular flexibility index (Phi) is 4.38. The first-order chi connectivity index (χ1) is 11.2. The molecule has 0 unspecified atom stereocenters. The van der Waals surface area contributed by atoms with E-state index >= 15 is 0 Å². The molecule has 0 fully saturated rings. The quantitative estimate of drug-likeness (QED) is 0.692. The summed E-state index contributed by atoms with van der Waals surface area (Å²) in [7, 11) is 3.55. The normalized spacial score (nSPS) is 10.9. The summed E-state index contributed by atoms with van der Waals surface area (Å²) in [5, 5.41) is 3.84. The van der Waals surface area contributed by atoms with Gasteiger partial charge in [0.2, 0.25) is 0 Å². The summed E-state index contributed by atoms with van der Waals surface area (Å²) in [5.41, 5.74) is 0.769. The van der Waals surface area contributed by atoms with E-state index in [0.29, 0.717) is 24.9 Å². The molecule has 3 rings (SSSR count). The second-order valence-corrected chi connectivity index (χ2v) is 5.22. The molecule has 7 nitrogen and oxygen atoms in total. The highest BCUT2D eigenvalue weighted by molar-refractivity contribution is 5.54. The summed E-state index contributed by atoms with van der Waals surface area (Å²) >= 11 is 0. The van der Waals surface area contributed by atoms with Gasteiger partial charge in [-0.05, 0) is 31.2 Å². The highest BCUT2D eigenvalue weighted by Crippen LogP contribution is 2.20. The van der Waals surface area contributed by atoms with E-state index < -0.39 is 0 Å². The number of aryl methyl sites for hydroxylation is 1. The van der Waals surface area contributed by atoms with Crippen LogP contribution >= 0.6 is 0 Å². The Bertz CT molecular complexity index is 764. The van der Waals surface area contributed by atoms with Crippen LogP contribution in [0.3, 0.4) is 0 Å². The van der Waals surface area contributed by atoms with Gasteiger partial charge in [-0.2, -0.15) is 4.98 Å². The van der Waals surface area contributed by atoms with Gasteiger partial charge in [-0.1, -0.05) is 5.16 Å². The number of rotatable bonds is 6. The molecule has 0 radical (unpaired) electrons. The van der Waals surface area contributed by atoms with Gasteiger partial charge in [0.05, 0.1) is 12.1 Å². The Balaban J connectivity index is 1.70. The van der Waals surface area contributed by atoms with E-state index in [4.69, 9.17) is 13.7 Å². The number of nitrogens with zero attached hydrogens (tertiary/aromatic N) is 4. The molecule has 7 heteroatoms. The third-order valence-electron chi connectivity index (χ3n) is 3.32. The number of hydrogen-bond acceptors (Lipinski definition) is 7. The Labute approximate surface area is 133 Å². The van der Waals surface area contributed by atoms with Crippen molar-refractivity contribution in [3.63, 3.8) is 0 Å². The average Bonchev–Trinajstić information content (AvgIpc) is 3.17. The highest BCUT2D eigenvalue weighted by Gasteiger charge is 2.11. The van der Waals surface area contributed by atoms with Crippen molar-refractivity contribution in [3.05, 3.63) is 47.8 Å². The minimum Gasteiger partial charge on any atom is -0.464 e. The van der Waals surface area contributed by atoms with E-state index in [2.05, 4.69) is 15.1 Å². The zero-order chi connectivity index (χ0) is 16.2. The predicted octanol–water partition coefficient (Wildman–Crippen LogP) is 2.82. The van der Waals surface area contributed by atoms with Crippen molar-refractivity contribution in [1.82, 2.24) is 15.1 Å². The number of ether oxygens (including phenoxy) is 1. The molecule has 23 heavy (non-hydrogen) atoms. The third-order valence-corrected chi connectivity index (χ3v) is 3.32. The van der Waals surface area contributed by atoms with E-state index in [0.717, 1.165) is 22.9 Å². The van der Waals surface area contributed by atoms with E-state index in [1.165, 1.54) is 0 Å². The summed E-state index contributed by atoms with van der Waals surface area (Å²) in [6.07, 6.45) is 1.71. The number of furan rings is 1. The zero-order valence-corrected chi connectivity index (χ0v) is 13.3. The number of methoxy groups -OCH3 is 1. The predicted molar refractivity (Wildman–Crippen MR) is 83.8 cm³/mol. The lowest BCUT2D eigenvalue weighted by atomic mass is 10.2. The molecule has 0 amide bonds. The third kappa shape index (κ3) is 3.57. The van der Waals surface area contributed by atoms with Crippen LogP contribution in [-0.2, 0) is 17.9 Å². The fraction of sp³-hybridized carbons (Fsp3) is 0.312. The highest BCUT2D eigenvalue weighted by atomic mass is 16.5. The monoisotopic (exact) mass is 314 g/mol. The summed E-state index contributed by atoms with van der Waals surface area (Å²) in [6.45, 7) is 2.90. The van der Waals surface area contributed by atoms with Gasteiger partial charge in [-0.3, -0.25) is 0 Å². The van der Waals surface area contributed by atoms with E-state index in [-0.39, 0.29) is 0 Å². The van der Waals surface area contributed by atoms with Crippen LogP contribution in [-0.4, -0.2) is 29.3 Å². The van der Waals surface area contributed by atoms with Crippen LogP contribution in [0, 0.1) is 6.92 Å². The Morgan fingerprint density at radius 1 is 1.22 bits per heavy atom. The maximum atomic E-state index is 5.58. The van der Waals surface area contributed by atoms with Gasteiger partial charge < -0.3 is 18.6 Å². The smallest absolute Gasteiger partial charge is 0.259 e. The van der Waals surface area contributed by atoms with Crippen molar-refractivity contribution in [2.45, 2.75) is 20.1 Å². The van der Waals surface area contributed by atoms with Gasteiger partial charge in [0.25, 0.3) is 5.89 Å². The fourth-order valence-corrected chi connectivity index (χ4v) is 2.18. The van der Waals surface area contributed by atoms with Crippen molar-refractivity contribution < 1.29 is 13.7 Å². The topological polar surface area (TPSA) is 77.4 Å². The SMILES string of the molecule is COCc1noc(-c2ccc(N(C)Cc3ccc(C)o3)nc2)n1. The summed E-state index contributed by atoms with van der Waals surface area (Å²) in [4.78, 5) is 10.7. The van der Waals surface area contributed by atoms with Crippen LogP contribution < -0.4 is 4.90 Å². The first-order valence-corrected chi connectivity index (χ1v) is 7.20. The minimum atomic E-state index is 0.320. The first kappa shape index (κ1) is 15.2. The van der Waals surface area contributed by atoms with Crippen molar-refractivity contribution in [1.29, 1.82) is 0 Å². The minimum absolute atomic E-state index is 0.320. The first-order valence-electron chi connectivity index (χ1n) is 7.20. The number of anilines is 1. The van der Waals surface area contributed by atoms with Crippen LogP contribution in [0.15, 0.2) is 39.4 Å². The fourth-order valence-electron chi connectivity index (χ4n) is 2.18. The van der Waals surface area contributed by atoms with Crippen LogP contribution in [0.2, 0.25) is 0 Å². The molecule has 3 aromatic rings. The lowest BCUT2D eigenvalue weighted by Gasteiger charge is -2.16. The van der Waals surface area contributed by atoms with Gasteiger partial charge in [0, 0.05) is 20.4 Å². The molecule has 0 saturated carbocycles. The molecule has 0 N–H and O–H groups in total. The second-order valence-electron chi connectivity index (χ2n) is 5.22. The van der Waals surface area contributed by atoms with Crippen LogP contribution in [0.4, 0.5) is 5.82 Å². The van der Waals surface area contributed by atoms with Gasteiger partial charge in [-0.15, -0.1) is 0 Å². The Morgan fingerprint density at radius 2 is 2.09 bits per heavy atom. The molecule has 120 valence electrons. The maximum Gasteiger partial charge on any atom is 0.259 e. The number of pyridine rings is 1. The van der Waals surface area contributed by atoms with Crippen molar-refractivity contribution in [3.8, 4) is 11.5 Å². The second kappa shape index (κ2) is 6.62. The molecular weight excluding hydrogens is 296 g/mol. The van der Waals surface area contributed by atoms with Crippen LogP contribution in [0.5, 0.6) is 0 Å². The largest absolute Gasteiger partial charge is 0.464 e. The van der Waals surface area contributed by atoms with Crippen molar-refractivity contribution >= 4 is 5.82 Å². The van der Waals surface area contributed by atoms with Crippen LogP contribution in [0.25, 0.3) is 11.5 Å². The lowest BCUT2D eigenvalue weighted by molar-refractivity contribution is 0.174. The van der Waals surface area contributed by atoms with Gasteiger partial charge >= 0.3 is 0 Å². The standard InChI is InChI=1S/C16H18N4O3/c1-11-4-6-13(22-11)9-20(2)15-7-5-12(8-17-15)16-18-14(10-21-3)19-23-16/h4-8H,9-10H2,1-3H3. The molecule has 0 aliphatic heterocycles. The summed E-state index contributed by atoms with van der Waals surface area (Å²) in [6, 6.07) is 7.73. The Morgan fingerprint density at radius 3 is 2.74 bits per heavy atom.